The maximum Gasteiger partial charge on any atom is 0.0392 e. The van der Waals surface area contributed by atoms with E-state index in [9.17, 15) is 0 Å². The Morgan fingerprint density at radius 3 is 2.65 bits per heavy atom. The van der Waals surface area contributed by atoms with Gasteiger partial charge in [0.05, 0.1) is 0 Å². The Bertz CT molecular complexity index is 387. The molecule has 2 nitrogen and oxygen atoms in total. The van der Waals surface area contributed by atoms with Crippen LogP contribution in [0.3, 0.4) is 0 Å². The molecule has 17 heavy (non-hydrogen) atoms. The summed E-state index contributed by atoms with van der Waals surface area (Å²) in [5, 5.41) is 3.66. The molecule has 0 radical (unpaired) electrons. The highest BCUT2D eigenvalue weighted by molar-refractivity contribution is 5.59. The first kappa shape index (κ1) is 12.3. The van der Waals surface area contributed by atoms with E-state index in [4.69, 9.17) is 5.73 Å². The van der Waals surface area contributed by atoms with Crippen molar-refractivity contribution in [1.29, 1.82) is 0 Å². The van der Waals surface area contributed by atoms with Crippen molar-refractivity contribution in [1.82, 2.24) is 0 Å². The van der Waals surface area contributed by atoms with E-state index >= 15 is 0 Å². The lowest BCUT2D eigenvalue weighted by Crippen LogP contribution is -2.30. The minimum absolute atomic E-state index is 0.613. The van der Waals surface area contributed by atoms with Gasteiger partial charge in [-0.1, -0.05) is 19.9 Å². The standard InChI is InChI=1S/C15H24N2/c1-10-5-7-14(8-12(10)3)17-15-9-13(16)6-4-11(15)2/h4,6,9-10,12,14,17H,5,7-8,16H2,1-3H3. The zero-order valence-electron chi connectivity index (χ0n) is 11.2. The molecule has 2 rings (SSSR count). The molecule has 2 heteroatoms. The first-order valence-electron chi connectivity index (χ1n) is 6.69. The number of hydrogen-bond acceptors (Lipinski definition) is 2. The highest BCUT2D eigenvalue weighted by atomic mass is 14.9. The average molecular weight is 232 g/mol. The fourth-order valence-electron chi connectivity index (χ4n) is 2.69. The minimum atomic E-state index is 0.613. The van der Waals surface area contributed by atoms with Crippen molar-refractivity contribution in [3.05, 3.63) is 23.8 Å². The summed E-state index contributed by atoms with van der Waals surface area (Å²) in [6.45, 7) is 6.87. The molecule has 3 N–H and O–H groups in total. The van der Waals surface area contributed by atoms with Crippen LogP contribution in [0.5, 0.6) is 0 Å². The van der Waals surface area contributed by atoms with E-state index in [0.29, 0.717) is 6.04 Å². The number of rotatable bonds is 2. The first-order chi connectivity index (χ1) is 8.06. The van der Waals surface area contributed by atoms with Crippen molar-refractivity contribution in [2.45, 2.75) is 46.1 Å². The molecule has 0 aliphatic heterocycles. The van der Waals surface area contributed by atoms with E-state index < -0.39 is 0 Å². The van der Waals surface area contributed by atoms with Crippen LogP contribution < -0.4 is 11.1 Å². The Morgan fingerprint density at radius 2 is 1.94 bits per heavy atom. The molecule has 3 atom stereocenters. The van der Waals surface area contributed by atoms with E-state index in [-0.39, 0.29) is 0 Å². The van der Waals surface area contributed by atoms with Crippen LogP contribution in [-0.2, 0) is 0 Å². The SMILES string of the molecule is Cc1ccc(N)cc1NC1CCC(C)C(C)C1. The van der Waals surface area contributed by atoms with E-state index in [1.54, 1.807) is 0 Å². The molecule has 0 saturated heterocycles. The normalized spacial score (nSPS) is 29.0. The molecule has 0 bridgehead atoms. The predicted molar refractivity (Wildman–Crippen MR) is 75.2 cm³/mol. The second-order valence-corrected chi connectivity index (χ2v) is 5.68. The smallest absolute Gasteiger partial charge is 0.0392 e. The highest BCUT2D eigenvalue weighted by Gasteiger charge is 2.24. The van der Waals surface area contributed by atoms with Gasteiger partial charge >= 0.3 is 0 Å². The summed E-state index contributed by atoms with van der Waals surface area (Å²) in [6.07, 6.45) is 3.88. The van der Waals surface area contributed by atoms with Gasteiger partial charge in [-0.05, 0) is 55.7 Å². The van der Waals surface area contributed by atoms with Gasteiger partial charge in [-0.3, -0.25) is 0 Å². The molecular formula is C15H24N2. The third kappa shape index (κ3) is 2.93. The molecule has 0 heterocycles. The predicted octanol–water partition coefficient (Wildman–Crippen LogP) is 3.81. The molecule has 1 aromatic carbocycles. The van der Waals surface area contributed by atoms with Crippen LogP contribution >= 0.6 is 0 Å². The summed E-state index contributed by atoms with van der Waals surface area (Å²) in [6, 6.07) is 6.72. The second kappa shape index (κ2) is 4.99. The monoisotopic (exact) mass is 232 g/mol. The molecule has 0 spiro atoms. The number of aryl methyl sites for hydroxylation is 1. The summed E-state index contributed by atoms with van der Waals surface area (Å²) >= 11 is 0. The number of nitrogen functional groups attached to an aromatic ring is 1. The number of nitrogens with two attached hydrogens (primary N) is 1. The molecule has 1 aliphatic carbocycles. The molecule has 1 aromatic rings. The highest BCUT2D eigenvalue weighted by Crippen LogP contribution is 2.31. The molecule has 0 amide bonds. The van der Waals surface area contributed by atoms with Crippen LogP contribution in [0.4, 0.5) is 11.4 Å². The Balaban J connectivity index is 2.03. The third-order valence-electron chi connectivity index (χ3n) is 4.22. The molecule has 1 aliphatic rings. The van der Waals surface area contributed by atoms with Gasteiger partial charge in [-0.15, -0.1) is 0 Å². The van der Waals surface area contributed by atoms with Gasteiger partial charge in [0.1, 0.15) is 0 Å². The molecule has 94 valence electrons. The van der Waals surface area contributed by atoms with Crippen molar-refractivity contribution in [2.24, 2.45) is 11.8 Å². The first-order valence-corrected chi connectivity index (χ1v) is 6.69. The van der Waals surface area contributed by atoms with Crippen LogP contribution in [0.2, 0.25) is 0 Å². The van der Waals surface area contributed by atoms with Gasteiger partial charge in [0.15, 0.2) is 0 Å². The van der Waals surface area contributed by atoms with E-state index in [1.165, 1.54) is 30.5 Å². The molecule has 1 fully saturated rings. The summed E-state index contributed by atoms with van der Waals surface area (Å²) in [5.74, 6) is 1.69. The van der Waals surface area contributed by atoms with Crippen LogP contribution in [0.1, 0.15) is 38.7 Å². The lowest BCUT2D eigenvalue weighted by molar-refractivity contribution is 0.261. The zero-order chi connectivity index (χ0) is 12.4. The van der Waals surface area contributed by atoms with E-state index in [1.807, 2.05) is 6.07 Å². The Morgan fingerprint density at radius 1 is 1.18 bits per heavy atom. The van der Waals surface area contributed by atoms with Crippen molar-refractivity contribution in [3.8, 4) is 0 Å². The Hall–Kier alpha value is -1.18. The number of nitrogens with one attached hydrogen (secondary N) is 1. The summed E-state index contributed by atoms with van der Waals surface area (Å²) in [5.41, 5.74) is 9.17. The summed E-state index contributed by atoms with van der Waals surface area (Å²) < 4.78 is 0. The molecule has 1 saturated carbocycles. The lowest BCUT2D eigenvalue weighted by Gasteiger charge is -2.33. The summed E-state index contributed by atoms with van der Waals surface area (Å²) in [7, 11) is 0. The number of hydrogen-bond donors (Lipinski definition) is 2. The quantitative estimate of drug-likeness (QED) is 0.761. The lowest BCUT2D eigenvalue weighted by atomic mass is 9.79. The average Bonchev–Trinajstić information content (AvgIpc) is 2.29. The maximum atomic E-state index is 5.84. The fraction of sp³-hybridized carbons (Fsp3) is 0.600. The van der Waals surface area contributed by atoms with Crippen molar-refractivity contribution in [3.63, 3.8) is 0 Å². The summed E-state index contributed by atoms with van der Waals surface area (Å²) in [4.78, 5) is 0. The van der Waals surface area contributed by atoms with Gasteiger partial charge in [0, 0.05) is 17.4 Å². The van der Waals surface area contributed by atoms with Crippen LogP contribution in [0, 0.1) is 18.8 Å². The second-order valence-electron chi connectivity index (χ2n) is 5.68. The molecule has 0 aromatic heterocycles. The largest absolute Gasteiger partial charge is 0.399 e. The van der Waals surface area contributed by atoms with Crippen molar-refractivity contribution in [2.75, 3.05) is 11.1 Å². The Kier molecular flexibility index (Phi) is 3.60. The molecule has 3 unspecified atom stereocenters. The van der Waals surface area contributed by atoms with Crippen LogP contribution in [0.25, 0.3) is 0 Å². The van der Waals surface area contributed by atoms with Gasteiger partial charge in [0.2, 0.25) is 0 Å². The fourth-order valence-corrected chi connectivity index (χ4v) is 2.69. The maximum absolute atomic E-state index is 5.84. The zero-order valence-corrected chi connectivity index (χ0v) is 11.2. The van der Waals surface area contributed by atoms with E-state index in [2.05, 4.69) is 38.2 Å². The van der Waals surface area contributed by atoms with Gasteiger partial charge < -0.3 is 11.1 Å². The van der Waals surface area contributed by atoms with Gasteiger partial charge in [-0.2, -0.15) is 0 Å². The van der Waals surface area contributed by atoms with E-state index in [0.717, 1.165) is 17.5 Å². The van der Waals surface area contributed by atoms with Gasteiger partial charge in [0.25, 0.3) is 0 Å². The minimum Gasteiger partial charge on any atom is -0.399 e. The van der Waals surface area contributed by atoms with Crippen LogP contribution in [-0.4, -0.2) is 6.04 Å². The third-order valence-corrected chi connectivity index (χ3v) is 4.22. The number of anilines is 2. The van der Waals surface area contributed by atoms with Crippen molar-refractivity contribution >= 4 is 11.4 Å². The Labute approximate surface area is 105 Å². The van der Waals surface area contributed by atoms with Gasteiger partial charge in [-0.25, -0.2) is 0 Å². The topological polar surface area (TPSA) is 38.0 Å². The van der Waals surface area contributed by atoms with Crippen LogP contribution in [0.15, 0.2) is 18.2 Å². The van der Waals surface area contributed by atoms with Crippen molar-refractivity contribution < 1.29 is 0 Å². The number of benzene rings is 1. The molecular weight excluding hydrogens is 208 g/mol.